The van der Waals surface area contributed by atoms with Gasteiger partial charge < -0.3 is 10.8 Å². The number of halogens is 2. The lowest BCUT2D eigenvalue weighted by atomic mass is 10.1. The van der Waals surface area contributed by atoms with E-state index in [1.165, 1.54) is 6.07 Å². The van der Waals surface area contributed by atoms with Crippen molar-refractivity contribution >= 4 is 22.6 Å². The Balaban J connectivity index is 2.84. The number of aliphatic hydroxyl groups excluding tert-OH is 1. The maximum atomic E-state index is 12.9. The van der Waals surface area contributed by atoms with Gasteiger partial charge in [0.1, 0.15) is 5.82 Å². The molecule has 0 aliphatic carbocycles. The summed E-state index contributed by atoms with van der Waals surface area (Å²) in [5.41, 5.74) is 6.60. The van der Waals surface area contributed by atoms with Crippen molar-refractivity contribution in [2.75, 3.05) is 6.61 Å². The van der Waals surface area contributed by atoms with Gasteiger partial charge >= 0.3 is 0 Å². The van der Waals surface area contributed by atoms with Crippen LogP contribution in [0.5, 0.6) is 0 Å². The van der Waals surface area contributed by atoms with E-state index in [0.29, 0.717) is 9.99 Å². The molecule has 2 nitrogen and oxygen atoms in total. The van der Waals surface area contributed by atoms with E-state index >= 15 is 0 Å². The summed E-state index contributed by atoms with van der Waals surface area (Å²) in [7, 11) is 0. The third-order valence-corrected chi connectivity index (χ3v) is 2.64. The van der Waals surface area contributed by atoms with Crippen molar-refractivity contribution in [1.29, 1.82) is 0 Å². The van der Waals surface area contributed by atoms with E-state index in [-0.39, 0.29) is 18.5 Å². The fraction of sp³-hybridized carbons (Fsp3) is 0.333. The Morgan fingerprint density at radius 1 is 1.54 bits per heavy atom. The quantitative estimate of drug-likeness (QED) is 0.836. The standard InChI is InChI=1S/C9H11FINO/c10-7-2-1-6(5-8(7)11)9(12)3-4-13/h1-2,5,9,13H,3-4,12H2/t9-/m0/s1. The number of rotatable bonds is 3. The van der Waals surface area contributed by atoms with Gasteiger partial charge in [-0.1, -0.05) is 6.07 Å². The van der Waals surface area contributed by atoms with Crippen molar-refractivity contribution in [3.63, 3.8) is 0 Å². The van der Waals surface area contributed by atoms with Crippen molar-refractivity contribution in [2.45, 2.75) is 12.5 Å². The molecule has 0 heterocycles. The molecule has 0 aromatic heterocycles. The van der Waals surface area contributed by atoms with Crippen LogP contribution in [0.25, 0.3) is 0 Å². The summed E-state index contributed by atoms with van der Waals surface area (Å²) >= 11 is 1.92. The third-order valence-electron chi connectivity index (χ3n) is 1.81. The first-order chi connectivity index (χ1) is 6.15. The molecule has 13 heavy (non-hydrogen) atoms. The van der Waals surface area contributed by atoms with Crippen molar-refractivity contribution in [2.24, 2.45) is 5.73 Å². The van der Waals surface area contributed by atoms with Crippen LogP contribution in [-0.4, -0.2) is 11.7 Å². The molecule has 0 radical (unpaired) electrons. The van der Waals surface area contributed by atoms with Crippen molar-refractivity contribution in [1.82, 2.24) is 0 Å². The van der Waals surface area contributed by atoms with E-state index in [1.54, 1.807) is 12.1 Å². The monoisotopic (exact) mass is 295 g/mol. The second-order valence-electron chi connectivity index (χ2n) is 2.79. The van der Waals surface area contributed by atoms with Gasteiger partial charge in [-0.3, -0.25) is 0 Å². The fourth-order valence-corrected chi connectivity index (χ4v) is 1.59. The molecule has 1 aromatic carbocycles. The lowest BCUT2D eigenvalue weighted by molar-refractivity contribution is 0.276. The second-order valence-corrected chi connectivity index (χ2v) is 3.95. The summed E-state index contributed by atoms with van der Waals surface area (Å²) in [5.74, 6) is -0.236. The van der Waals surface area contributed by atoms with Crippen LogP contribution in [-0.2, 0) is 0 Å². The molecule has 0 fully saturated rings. The molecule has 0 amide bonds. The molecule has 0 unspecified atom stereocenters. The highest BCUT2D eigenvalue weighted by Crippen LogP contribution is 2.18. The van der Waals surface area contributed by atoms with Crippen LogP contribution in [0.15, 0.2) is 18.2 Å². The van der Waals surface area contributed by atoms with Gasteiger partial charge in [0.15, 0.2) is 0 Å². The second kappa shape index (κ2) is 4.88. The van der Waals surface area contributed by atoms with E-state index in [1.807, 2.05) is 22.6 Å². The van der Waals surface area contributed by atoms with Crippen molar-refractivity contribution in [3.05, 3.63) is 33.1 Å². The Morgan fingerprint density at radius 3 is 2.77 bits per heavy atom. The maximum Gasteiger partial charge on any atom is 0.136 e. The first-order valence-electron chi connectivity index (χ1n) is 3.96. The number of nitrogens with two attached hydrogens (primary N) is 1. The van der Waals surface area contributed by atoms with Crippen LogP contribution >= 0.6 is 22.6 Å². The van der Waals surface area contributed by atoms with E-state index in [4.69, 9.17) is 10.8 Å². The summed E-state index contributed by atoms with van der Waals surface area (Å²) in [4.78, 5) is 0. The fourth-order valence-electron chi connectivity index (χ4n) is 1.05. The maximum absolute atomic E-state index is 12.9. The van der Waals surface area contributed by atoms with E-state index < -0.39 is 0 Å². The van der Waals surface area contributed by atoms with Crippen LogP contribution < -0.4 is 5.73 Å². The Kier molecular flexibility index (Phi) is 4.08. The largest absolute Gasteiger partial charge is 0.396 e. The molecule has 1 rings (SSSR count). The minimum absolute atomic E-state index is 0.0507. The highest BCUT2D eigenvalue weighted by molar-refractivity contribution is 14.1. The Labute approximate surface area is 90.1 Å². The smallest absolute Gasteiger partial charge is 0.136 e. The van der Waals surface area contributed by atoms with Gasteiger partial charge in [0.05, 0.1) is 0 Å². The average Bonchev–Trinajstić information content (AvgIpc) is 2.10. The van der Waals surface area contributed by atoms with Gasteiger partial charge in [0, 0.05) is 16.2 Å². The Morgan fingerprint density at radius 2 is 2.23 bits per heavy atom. The van der Waals surface area contributed by atoms with Crippen molar-refractivity contribution < 1.29 is 9.50 Å². The number of hydrogen-bond donors (Lipinski definition) is 2. The molecular weight excluding hydrogens is 284 g/mol. The topological polar surface area (TPSA) is 46.2 Å². The summed E-state index contributed by atoms with van der Waals surface area (Å²) in [6.07, 6.45) is 0.502. The molecule has 4 heteroatoms. The Bertz CT molecular complexity index is 293. The van der Waals surface area contributed by atoms with Gasteiger partial charge in [-0.05, 0) is 46.7 Å². The van der Waals surface area contributed by atoms with Gasteiger partial charge in [-0.15, -0.1) is 0 Å². The number of hydrogen-bond acceptors (Lipinski definition) is 2. The zero-order chi connectivity index (χ0) is 9.84. The SMILES string of the molecule is N[C@@H](CCO)c1ccc(F)c(I)c1. The van der Waals surface area contributed by atoms with Crippen LogP contribution in [0.3, 0.4) is 0 Å². The first kappa shape index (κ1) is 10.9. The molecule has 0 spiro atoms. The molecule has 72 valence electrons. The zero-order valence-corrected chi connectivity index (χ0v) is 9.16. The number of benzene rings is 1. The summed E-state index contributed by atoms with van der Waals surface area (Å²) < 4.78 is 13.4. The van der Waals surface area contributed by atoms with Gasteiger partial charge in [-0.2, -0.15) is 0 Å². The molecule has 0 aliphatic heterocycles. The third kappa shape index (κ3) is 2.89. The minimum Gasteiger partial charge on any atom is -0.396 e. The predicted octanol–water partition coefficient (Wildman–Crippen LogP) is 1.81. The summed E-state index contributed by atoms with van der Waals surface area (Å²) in [5, 5.41) is 8.67. The Hall–Kier alpha value is -0.200. The highest BCUT2D eigenvalue weighted by Gasteiger charge is 2.07. The molecule has 0 bridgehead atoms. The van der Waals surface area contributed by atoms with Gasteiger partial charge in [0.25, 0.3) is 0 Å². The summed E-state index contributed by atoms with van der Waals surface area (Å²) in [6, 6.07) is 4.54. The highest BCUT2D eigenvalue weighted by atomic mass is 127. The summed E-state index contributed by atoms with van der Waals surface area (Å²) in [6.45, 7) is 0.0507. The van der Waals surface area contributed by atoms with Gasteiger partial charge in [-0.25, -0.2) is 4.39 Å². The molecule has 0 saturated carbocycles. The first-order valence-corrected chi connectivity index (χ1v) is 5.04. The van der Waals surface area contributed by atoms with Crippen LogP contribution in [0.1, 0.15) is 18.0 Å². The lowest BCUT2D eigenvalue weighted by Crippen LogP contribution is -2.12. The molecule has 3 N–H and O–H groups in total. The van der Waals surface area contributed by atoms with Gasteiger partial charge in [0.2, 0.25) is 0 Å². The van der Waals surface area contributed by atoms with Crippen LogP contribution in [0.2, 0.25) is 0 Å². The molecule has 0 saturated heterocycles. The number of aliphatic hydroxyl groups is 1. The minimum atomic E-state index is -0.236. The molecular formula is C9H11FINO. The normalized spacial score (nSPS) is 12.9. The zero-order valence-electron chi connectivity index (χ0n) is 7.00. The van der Waals surface area contributed by atoms with Crippen molar-refractivity contribution in [3.8, 4) is 0 Å². The van der Waals surface area contributed by atoms with E-state index in [0.717, 1.165) is 5.56 Å². The predicted molar refractivity (Wildman–Crippen MR) is 57.7 cm³/mol. The molecule has 0 aliphatic rings. The molecule has 1 atom stereocenters. The van der Waals surface area contributed by atoms with Crippen LogP contribution in [0, 0.1) is 9.39 Å². The molecule has 1 aromatic rings. The average molecular weight is 295 g/mol. The van der Waals surface area contributed by atoms with E-state index in [9.17, 15) is 4.39 Å². The van der Waals surface area contributed by atoms with E-state index in [2.05, 4.69) is 0 Å². The lowest BCUT2D eigenvalue weighted by Gasteiger charge is -2.10. The van der Waals surface area contributed by atoms with Crippen LogP contribution in [0.4, 0.5) is 4.39 Å².